The Morgan fingerprint density at radius 2 is 1.64 bits per heavy atom. The van der Waals surface area contributed by atoms with E-state index in [0.29, 0.717) is 12.8 Å². The first-order chi connectivity index (χ1) is 10.7. The monoisotopic (exact) mass is 299 g/mol. The highest BCUT2D eigenvalue weighted by atomic mass is 19.1. The molecule has 0 aliphatic carbocycles. The molecule has 114 valence electrons. The number of nitrogens with zero attached hydrogens (tertiary/aromatic N) is 3. The summed E-state index contributed by atoms with van der Waals surface area (Å²) in [7, 11) is 0. The van der Waals surface area contributed by atoms with Gasteiger partial charge in [-0.3, -0.25) is 0 Å². The maximum absolute atomic E-state index is 13.1. The smallest absolute Gasteiger partial charge is 0.225 e. The molecule has 2 saturated heterocycles. The SMILES string of the molecule is OC1(c2ccc(F)cc2)CC2CCC(C1)N2c1ncccn1. The molecule has 4 rings (SSSR count). The van der Waals surface area contributed by atoms with Crippen molar-refractivity contribution >= 4 is 5.95 Å². The summed E-state index contributed by atoms with van der Waals surface area (Å²) in [6.45, 7) is 0. The molecule has 22 heavy (non-hydrogen) atoms. The Balaban J connectivity index is 1.63. The molecule has 2 fully saturated rings. The van der Waals surface area contributed by atoms with Crippen molar-refractivity contribution in [3.63, 3.8) is 0 Å². The topological polar surface area (TPSA) is 49.2 Å². The third-order valence-electron chi connectivity index (χ3n) is 4.93. The molecule has 0 radical (unpaired) electrons. The molecular formula is C17H18FN3O. The van der Waals surface area contributed by atoms with Gasteiger partial charge in [-0.2, -0.15) is 0 Å². The average Bonchev–Trinajstić information content (AvgIpc) is 2.81. The summed E-state index contributed by atoms with van der Waals surface area (Å²) in [5, 5.41) is 11.1. The van der Waals surface area contributed by atoms with E-state index in [1.807, 2.05) is 6.07 Å². The van der Waals surface area contributed by atoms with Crippen molar-refractivity contribution < 1.29 is 9.50 Å². The maximum Gasteiger partial charge on any atom is 0.225 e. The molecule has 0 spiro atoms. The third kappa shape index (κ3) is 2.16. The summed E-state index contributed by atoms with van der Waals surface area (Å²) in [5.41, 5.74) is -0.0791. The zero-order chi connectivity index (χ0) is 15.2. The van der Waals surface area contributed by atoms with Gasteiger partial charge in [0, 0.05) is 37.3 Å². The van der Waals surface area contributed by atoms with Crippen LogP contribution < -0.4 is 4.90 Å². The number of rotatable bonds is 2. The Labute approximate surface area is 128 Å². The molecule has 5 heteroatoms. The van der Waals surface area contributed by atoms with Gasteiger partial charge in [0.25, 0.3) is 0 Å². The molecule has 2 aliphatic rings. The quantitative estimate of drug-likeness (QED) is 0.926. The lowest BCUT2D eigenvalue weighted by Gasteiger charge is -2.44. The summed E-state index contributed by atoms with van der Waals surface area (Å²) in [6.07, 6.45) is 6.84. The van der Waals surface area contributed by atoms with Crippen molar-refractivity contribution in [3.05, 3.63) is 54.1 Å². The van der Waals surface area contributed by atoms with Crippen molar-refractivity contribution in [1.82, 2.24) is 9.97 Å². The number of aromatic nitrogens is 2. The van der Waals surface area contributed by atoms with Crippen molar-refractivity contribution in [2.45, 2.75) is 43.4 Å². The minimum absolute atomic E-state index is 0.233. The van der Waals surface area contributed by atoms with Crippen LogP contribution in [0.25, 0.3) is 0 Å². The highest BCUT2D eigenvalue weighted by molar-refractivity contribution is 5.39. The van der Waals surface area contributed by atoms with E-state index < -0.39 is 5.60 Å². The van der Waals surface area contributed by atoms with Crippen molar-refractivity contribution in [2.24, 2.45) is 0 Å². The molecule has 4 nitrogen and oxygen atoms in total. The molecule has 1 aromatic carbocycles. The lowest BCUT2D eigenvalue weighted by molar-refractivity contribution is -0.00341. The lowest BCUT2D eigenvalue weighted by Crippen LogP contribution is -2.50. The number of hydrogen-bond acceptors (Lipinski definition) is 4. The first kappa shape index (κ1) is 13.6. The number of aliphatic hydroxyl groups is 1. The van der Waals surface area contributed by atoms with Crippen LogP contribution in [-0.4, -0.2) is 27.2 Å². The normalized spacial score (nSPS) is 30.5. The Kier molecular flexibility index (Phi) is 3.11. The second-order valence-corrected chi connectivity index (χ2v) is 6.29. The number of fused-ring (bicyclic) bond motifs is 2. The molecule has 2 aromatic rings. The van der Waals surface area contributed by atoms with E-state index in [4.69, 9.17) is 0 Å². The Hall–Kier alpha value is -2.01. The molecule has 0 amide bonds. The minimum Gasteiger partial charge on any atom is -0.385 e. The fourth-order valence-corrected chi connectivity index (χ4v) is 3.97. The van der Waals surface area contributed by atoms with Crippen LogP contribution in [0.2, 0.25) is 0 Å². The van der Waals surface area contributed by atoms with Crippen LogP contribution in [0.5, 0.6) is 0 Å². The second kappa shape index (κ2) is 5.02. The molecule has 2 atom stereocenters. The van der Waals surface area contributed by atoms with Gasteiger partial charge in [0.2, 0.25) is 5.95 Å². The zero-order valence-electron chi connectivity index (χ0n) is 12.2. The van der Waals surface area contributed by atoms with Crippen LogP contribution >= 0.6 is 0 Å². The van der Waals surface area contributed by atoms with Gasteiger partial charge in [0.1, 0.15) is 5.82 Å². The van der Waals surface area contributed by atoms with Gasteiger partial charge >= 0.3 is 0 Å². The van der Waals surface area contributed by atoms with Gasteiger partial charge in [-0.1, -0.05) is 12.1 Å². The maximum atomic E-state index is 13.1. The van der Waals surface area contributed by atoms with Crippen molar-refractivity contribution in [1.29, 1.82) is 0 Å². The van der Waals surface area contributed by atoms with Crippen LogP contribution in [0, 0.1) is 5.82 Å². The van der Waals surface area contributed by atoms with Crippen LogP contribution in [-0.2, 0) is 5.60 Å². The standard InChI is InChI=1S/C17H18FN3O/c18-13-4-2-12(3-5-13)17(22)10-14-6-7-15(11-17)21(14)16-19-8-1-9-20-16/h1-5,8-9,14-15,22H,6-7,10-11H2. The summed E-state index contributed by atoms with van der Waals surface area (Å²) < 4.78 is 13.1. The largest absolute Gasteiger partial charge is 0.385 e. The molecule has 0 saturated carbocycles. The van der Waals surface area contributed by atoms with E-state index in [0.717, 1.165) is 24.4 Å². The van der Waals surface area contributed by atoms with Gasteiger partial charge in [-0.25, -0.2) is 14.4 Å². The van der Waals surface area contributed by atoms with E-state index in [2.05, 4.69) is 14.9 Å². The molecule has 2 aliphatic heterocycles. The summed E-state index contributed by atoms with van der Waals surface area (Å²) in [5.74, 6) is 0.474. The number of hydrogen-bond donors (Lipinski definition) is 1. The third-order valence-corrected chi connectivity index (χ3v) is 4.93. The number of benzene rings is 1. The zero-order valence-corrected chi connectivity index (χ0v) is 12.2. The molecule has 2 bridgehead atoms. The van der Waals surface area contributed by atoms with Crippen molar-refractivity contribution in [2.75, 3.05) is 4.90 Å². The van der Waals surface area contributed by atoms with Gasteiger partial charge in [0.15, 0.2) is 0 Å². The van der Waals surface area contributed by atoms with E-state index in [9.17, 15) is 9.50 Å². The van der Waals surface area contributed by atoms with Crippen LogP contribution in [0.3, 0.4) is 0 Å². The lowest BCUT2D eigenvalue weighted by atomic mass is 9.80. The summed E-state index contributed by atoms with van der Waals surface area (Å²) in [4.78, 5) is 11.0. The second-order valence-electron chi connectivity index (χ2n) is 6.29. The number of piperidine rings is 1. The van der Waals surface area contributed by atoms with E-state index in [-0.39, 0.29) is 17.9 Å². The fourth-order valence-electron chi connectivity index (χ4n) is 3.97. The molecule has 3 heterocycles. The Morgan fingerprint density at radius 3 is 2.23 bits per heavy atom. The first-order valence-electron chi connectivity index (χ1n) is 7.69. The van der Waals surface area contributed by atoms with Crippen LogP contribution in [0.4, 0.5) is 10.3 Å². The number of anilines is 1. The van der Waals surface area contributed by atoms with Gasteiger partial charge in [-0.05, 0) is 36.6 Å². The van der Waals surface area contributed by atoms with Crippen LogP contribution in [0.1, 0.15) is 31.2 Å². The Bertz CT molecular complexity index is 647. The fraction of sp³-hybridized carbons (Fsp3) is 0.412. The highest BCUT2D eigenvalue weighted by Gasteiger charge is 2.49. The highest BCUT2D eigenvalue weighted by Crippen LogP contribution is 2.46. The van der Waals surface area contributed by atoms with E-state index in [1.165, 1.54) is 12.1 Å². The predicted molar refractivity (Wildman–Crippen MR) is 80.9 cm³/mol. The molecular weight excluding hydrogens is 281 g/mol. The predicted octanol–water partition coefficient (Wildman–Crippen LogP) is 2.63. The average molecular weight is 299 g/mol. The number of halogens is 1. The summed E-state index contributed by atoms with van der Waals surface area (Å²) in [6, 6.07) is 8.51. The minimum atomic E-state index is -0.884. The molecule has 1 N–H and O–H groups in total. The van der Waals surface area contributed by atoms with Crippen molar-refractivity contribution in [3.8, 4) is 0 Å². The summed E-state index contributed by atoms with van der Waals surface area (Å²) >= 11 is 0. The van der Waals surface area contributed by atoms with Gasteiger partial charge in [-0.15, -0.1) is 0 Å². The van der Waals surface area contributed by atoms with Gasteiger partial charge in [0.05, 0.1) is 5.60 Å². The Morgan fingerprint density at radius 1 is 1.05 bits per heavy atom. The van der Waals surface area contributed by atoms with Gasteiger partial charge < -0.3 is 10.0 Å². The molecule has 1 aromatic heterocycles. The molecule has 2 unspecified atom stereocenters. The van der Waals surface area contributed by atoms with E-state index >= 15 is 0 Å². The van der Waals surface area contributed by atoms with Crippen LogP contribution in [0.15, 0.2) is 42.7 Å². The first-order valence-corrected chi connectivity index (χ1v) is 7.69. The van der Waals surface area contributed by atoms with E-state index in [1.54, 1.807) is 24.5 Å².